The van der Waals surface area contributed by atoms with Crippen LogP contribution in [0.3, 0.4) is 0 Å². The zero-order valence-electron chi connectivity index (χ0n) is 15.8. The Morgan fingerprint density at radius 1 is 1.11 bits per heavy atom. The minimum atomic E-state index is -0.0423. The molecule has 1 aliphatic heterocycles. The number of carbonyl (C=O) groups is 1. The Bertz CT molecular complexity index is 933. The van der Waals surface area contributed by atoms with E-state index in [0.717, 1.165) is 31.1 Å². The maximum Gasteiger partial charge on any atom is 0.272 e. The van der Waals surface area contributed by atoms with Crippen molar-refractivity contribution in [2.75, 3.05) is 31.5 Å². The van der Waals surface area contributed by atoms with Gasteiger partial charge in [-0.25, -0.2) is 0 Å². The quantitative estimate of drug-likeness (QED) is 0.737. The van der Waals surface area contributed by atoms with E-state index < -0.39 is 0 Å². The van der Waals surface area contributed by atoms with Crippen LogP contribution in [0.15, 0.2) is 59.3 Å². The van der Waals surface area contributed by atoms with Crippen molar-refractivity contribution >= 4 is 17.4 Å². The highest BCUT2D eigenvalue weighted by Crippen LogP contribution is 2.18. The first-order valence-electron chi connectivity index (χ1n) is 9.39. The van der Waals surface area contributed by atoms with E-state index in [2.05, 4.69) is 44.6 Å². The molecular weight excluding hydrogens is 354 g/mol. The highest BCUT2D eigenvalue weighted by molar-refractivity contribution is 5.93. The lowest BCUT2D eigenvalue weighted by molar-refractivity contribution is 0.0623. The molecule has 1 fully saturated rings. The van der Waals surface area contributed by atoms with Crippen LogP contribution in [0.2, 0.25) is 0 Å². The van der Waals surface area contributed by atoms with E-state index in [-0.39, 0.29) is 5.91 Å². The summed E-state index contributed by atoms with van der Waals surface area (Å²) < 4.78 is 5.05. The molecular formula is C21H23N5O2. The van der Waals surface area contributed by atoms with Crippen LogP contribution in [-0.2, 0) is 6.54 Å². The fraction of sp³-hybridized carbons (Fsp3) is 0.286. The molecule has 3 heterocycles. The van der Waals surface area contributed by atoms with E-state index in [4.69, 9.17) is 4.52 Å². The van der Waals surface area contributed by atoms with E-state index in [0.29, 0.717) is 24.6 Å². The molecule has 144 valence electrons. The molecule has 0 saturated carbocycles. The van der Waals surface area contributed by atoms with Crippen molar-refractivity contribution in [2.45, 2.75) is 13.5 Å². The first kappa shape index (κ1) is 18.2. The molecule has 28 heavy (non-hydrogen) atoms. The maximum atomic E-state index is 12.9. The Hall–Kier alpha value is -3.19. The van der Waals surface area contributed by atoms with E-state index in [1.807, 2.05) is 17.9 Å². The van der Waals surface area contributed by atoms with Gasteiger partial charge in [0.05, 0.1) is 0 Å². The lowest BCUT2D eigenvalue weighted by Crippen LogP contribution is -2.48. The minimum Gasteiger partial charge on any atom is -0.360 e. The first-order chi connectivity index (χ1) is 13.7. The molecule has 0 radical (unpaired) electrons. The molecule has 1 amide bonds. The van der Waals surface area contributed by atoms with Crippen molar-refractivity contribution in [3.8, 4) is 0 Å². The molecule has 3 aromatic rings. The van der Waals surface area contributed by atoms with Crippen LogP contribution in [-0.4, -0.2) is 52.0 Å². The Kier molecular flexibility index (Phi) is 5.34. The number of aromatic nitrogens is 2. The summed E-state index contributed by atoms with van der Waals surface area (Å²) in [5.41, 5.74) is 2.49. The molecule has 1 aromatic carbocycles. The van der Waals surface area contributed by atoms with Crippen molar-refractivity contribution in [3.63, 3.8) is 0 Å². The maximum absolute atomic E-state index is 12.9. The number of nitrogens with zero attached hydrogens (tertiary/aromatic N) is 4. The number of pyridine rings is 1. The molecule has 0 aliphatic carbocycles. The molecule has 7 heteroatoms. The van der Waals surface area contributed by atoms with Crippen molar-refractivity contribution in [3.05, 3.63) is 71.7 Å². The van der Waals surface area contributed by atoms with Gasteiger partial charge in [0.2, 0.25) is 0 Å². The molecule has 2 aromatic heterocycles. The van der Waals surface area contributed by atoms with Crippen LogP contribution in [0.4, 0.5) is 11.5 Å². The Labute approximate surface area is 164 Å². The number of anilines is 2. The Morgan fingerprint density at radius 2 is 1.89 bits per heavy atom. The summed E-state index contributed by atoms with van der Waals surface area (Å²) >= 11 is 0. The molecule has 0 spiro atoms. The summed E-state index contributed by atoms with van der Waals surface area (Å²) in [6.07, 6.45) is 1.63. The number of nitrogens with one attached hydrogen (secondary N) is 1. The van der Waals surface area contributed by atoms with Crippen LogP contribution in [0.1, 0.15) is 21.8 Å². The molecule has 4 rings (SSSR count). The number of aryl methyl sites for hydroxylation is 1. The predicted octanol–water partition coefficient (Wildman–Crippen LogP) is 3.08. The summed E-state index contributed by atoms with van der Waals surface area (Å²) in [5, 5.41) is 7.04. The third kappa shape index (κ3) is 4.37. The first-order valence-corrected chi connectivity index (χ1v) is 9.39. The summed E-state index contributed by atoms with van der Waals surface area (Å²) in [6, 6.07) is 15.8. The van der Waals surface area contributed by atoms with Gasteiger partial charge < -0.3 is 14.7 Å². The summed E-state index contributed by atoms with van der Waals surface area (Å²) in [5.74, 6) is 1.29. The average molecular weight is 377 g/mol. The second-order valence-corrected chi connectivity index (χ2v) is 6.93. The Balaban J connectivity index is 1.35. The molecule has 0 unspecified atom stereocenters. The lowest BCUT2D eigenvalue weighted by atomic mass is 10.2. The molecule has 1 N–H and O–H groups in total. The highest BCUT2D eigenvalue weighted by Gasteiger charge is 2.23. The van der Waals surface area contributed by atoms with E-state index >= 15 is 0 Å². The van der Waals surface area contributed by atoms with Crippen LogP contribution in [0.25, 0.3) is 0 Å². The van der Waals surface area contributed by atoms with Crippen molar-refractivity contribution in [1.29, 1.82) is 0 Å². The number of piperazine rings is 1. The molecule has 1 saturated heterocycles. The molecule has 7 nitrogen and oxygen atoms in total. The summed E-state index contributed by atoms with van der Waals surface area (Å²) in [6.45, 7) is 5.86. The fourth-order valence-corrected chi connectivity index (χ4v) is 3.31. The lowest BCUT2D eigenvalue weighted by Gasteiger charge is -2.34. The zero-order valence-corrected chi connectivity index (χ0v) is 15.8. The normalized spacial score (nSPS) is 14.8. The molecule has 0 atom stereocenters. The molecule has 0 bridgehead atoms. The van der Waals surface area contributed by atoms with Crippen LogP contribution in [0.5, 0.6) is 0 Å². The van der Waals surface area contributed by atoms with Gasteiger partial charge in [-0.15, -0.1) is 0 Å². The largest absolute Gasteiger partial charge is 0.360 e. The standard InChI is InChI=1S/C21H23N5O2/c1-16-13-20(24-28-16)23-18-7-8-22-19(14-18)21(27)26-11-9-25(10-12-26)15-17-5-3-2-4-6-17/h2-8,13-14H,9-12,15H2,1H3,(H,22,23,24). The smallest absolute Gasteiger partial charge is 0.272 e. The average Bonchev–Trinajstić information content (AvgIpc) is 3.13. The zero-order chi connectivity index (χ0) is 19.3. The van der Waals surface area contributed by atoms with Gasteiger partial charge in [-0.2, -0.15) is 0 Å². The van der Waals surface area contributed by atoms with Gasteiger partial charge in [-0.3, -0.25) is 14.7 Å². The predicted molar refractivity (Wildman–Crippen MR) is 106 cm³/mol. The third-order valence-electron chi connectivity index (χ3n) is 4.79. The summed E-state index contributed by atoms with van der Waals surface area (Å²) in [4.78, 5) is 21.4. The minimum absolute atomic E-state index is 0.0423. The van der Waals surface area contributed by atoms with Crippen molar-refractivity contribution < 1.29 is 9.32 Å². The fourth-order valence-electron chi connectivity index (χ4n) is 3.31. The van der Waals surface area contributed by atoms with Gasteiger partial charge in [-0.05, 0) is 24.6 Å². The SMILES string of the molecule is Cc1cc(Nc2ccnc(C(=O)N3CCN(Cc4ccccc4)CC3)c2)no1. The number of carbonyl (C=O) groups excluding carboxylic acids is 1. The van der Waals surface area contributed by atoms with E-state index in [1.165, 1.54) is 5.56 Å². The van der Waals surface area contributed by atoms with Crippen molar-refractivity contribution in [2.24, 2.45) is 0 Å². The summed E-state index contributed by atoms with van der Waals surface area (Å²) in [7, 11) is 0. The van der Waals surface area contributed by atoms with Gasteiger partial charge in [0.1, 0.15) is 11.5 Å². The number of amides is 1. The monoisotopic (exact) mass is 377 g/mol. The van der Waals surface area contributed by atoms with Crippen molar-refractivity contribution in [1.82, 2.24) is 19.9 Å². The molecule has 1 aliphatic rings. The second-order valence-electron chi connectivity index (χ2n) is 6.93. The highest BCUT2D eigenvalue weighted by atomic mass is 16.5. The number of hydrogen-bond donors (Lipinski definition) is 1. The van der Waals surface area contributed by atoms with E-state index in [1.54, 1.807) is 24.4 Å². The topological polar surface area (TPSA) is 74.5 Å². The van der Waals surface area contributed by atoms with Gasteiger partial charge in [0.15, 0.2) is 5.82 Å². The van der Waals surface area contributed by atoms with Crippen LogP contribution >= 0.6 is 0 Å². The van der Waals surface area contributed by atoms with Gasteiger partial charge in [0, 0.05) is 50.7 Å². The number of hydrogen-bond acceptors (Lipinski definition) is 6. The van der Waals surface area contributed by atoms with Gasteiger partial charge in [-0.1, -0.05) is 35.5 Å². The van der Waals surface area contributed by atoms with Crippen LogP contribution < -0.4 is 5.32 Å². The van der Waals surface area contributed by atoms with Crippen LogP contribution in [0, 0.1) is 6.92 Å². The van der Waals surface area contributed by atoms with Gasteiger partial charge >= 0.3 is 0 Å². The van der Waals surface area contributed by atoms with Gasteiger partial charge in [0.25, 0.3) is 5.91 Å². The third-order valence-corrected chi connectivity index (χ3v) is 4.79. The number of benzene rings is 1. The second kappa shape index (κ2) is 8.22. The van der Waals surface area contributed by atoms with E-state index in [9.17, 15) is 4.79 Å². The number of rotatable bonds is 5. The Morgan fingerprint density at radius 3 is 2.61 bits per heavy atom.